The van der Waals surface area contributed by atoms with Crippen molar-refractivity contribution in [2.24, 2.45) is 5.73 Å². The second-order valence-corrected chi connectivity index (χ2v) is 3.54. The quantitative estimate of drug-likeness (QED) is 0.614. The van der Waals surface area contributed by atoms with Gasteiger partial charge in [0.2, 0.25) is 12.3 Å². The maximum absolute atomic E-state index is 12.8. The van der Waals surface area contributed by atoms with Gasteiger partial charge >= 0.3 is 6.61 Å². The number of hydrogen-bond acceptors (Lipinski definition) is 3. The Balaban J connectivity index is 0.00000122. The zero-order chi connectivity index (χ0) is 16.3. The van der Waals surface area contributed by atoms with E-state index in [0.717, 1.165) is 12.1 Å². The Kier molecular flexibility index (Phi) is 9.52. The Morgan fingerprint density at radius 2 is 1.95 bits per heavy atom. The third kappa shape index (κ3) is 9.38. The first-order chi connectivity index (χ1) is 9.90. The number of primary amides is 1. The normalized spacial score (nSPS) is 9.76. The van der Waals surface area contributed by atoms with Crippen LogP contribution in [0, 0.1) is 11.6 Å². The molecule has 0 heterocycles. The molecule has 3 N–H and O–H groups in total. The molecular weight excluding hydrogens is 296 g/mol. The van der Waals surface area contributed by atoms with E-state index in [-0.39, 0.29) is 19.4 Å². The zero-order valence-electron chi connectivity index (χ0n) is 10.8. The average Bonchev–Trinajstić information content (AvgIpc) is 2.40. The largest absolute Gasteiger partial charge is 0.372 e. The fourth-order valence-electron chi connectivity index (χ4n) is 1.18. The smallest absolute Gasteiger partial charge is 0.345 e. The number of halogens is 4. The van der Waals surface area contributed by atoms with Gasteiger partial charge < -0.3 is 15.8 Å². The Morgan fingerprint density at radius 1 is 1.33 bits per heavy atom. The number of ether oxygens (including phenoxy) is 1. The van der Waals surface area contributed by atoms with Crippen LogP contribution in [0.5, 0.6) is 0 Å². The molecule has 0 aliphatic heterocycles. The highest BCUT2D eigenvalue weighted by atomic mass is 19.3. The summed E-state index contributed by atoms with van der Waals surface area (Å²) in [7, 11) is 0. The lowest BCUT2D eigenvalue weighted by atomic mass is 10.2. The molecule has 1 aromatic rings. The SMILES string of the molecule is NC=O.O=C(CCOC(F)F)NCc1ccc(F)c(F)c1. The monoisotopic (exact) mass is 310 g/mol. The summed E-state index contributed by atoms with van der Waals surface area (Å²) in [5, 5.41) is 2.37. The first-order valence-electron chi connectivity index (χ1n) is 5.66. The van der Waals surface area contributed by atoms with Crippen LogP contribution in [0.1, 0.15) is 12.0 Å². The third-order valence-corrected chi connectivity index (χ3v) is 2.05. The minimum absolute atomic E-state index is 0.00921. The molecule has 0 radical (unpaired) electrons. The summed E-state index contributed by atoms with van der Waals surface area (Å²) in [4.78, 5) is 19.7. The van der Waals surface area contributed by atoms with Crippen molar-refractivity contribution in [3.63, 3.8) is 0 Å². The van der Waals surface area contributed by atoms with Gasteiger partial charge in [0, 0.05) is 6.54 Å². The van der Waals surface area contributed by atoms with Crippen molar-refractivity contribution < 1.29 is 31.9 Å². The molecular formula is C12H14F4N2O3. The van der Waals surface area contributed by atoms with Crippen LogP contribution in [0.2, 0.25) is 0 Å². The summed E-state index contributed by atoms with van der Waals surface area (Å²) in [6, 6.07) is 3.20. The number of hydrogen-bond donors (Lipinski definition) is 2. The van der Waals surface area contributed by atoms with Crippen LogP contribution in [0.15, 0.2) is 18.2 Å². The number of carbonyl (C=O) groups excluding carboxylic acids is 2. The Hall–Kier alpha value is -2.16. The van der Waals surface area contributed by atoms with Gasteiger partial charge in [-0.2, -0.15) is 8.78 Å². The van der Waals surface area contributed by atoms with E-state index >= 15 is 0 Å². The molecule has 0 saturated carbocycles. The van der Waals surface area contributed by atoms with Gasteiger partial charge in [-0.25, -0.2) is 8.78 Å². The Bertz CT molecular complexity index is 458. The van der Waals surface area contributed by atoms with Crippen LogP contribution < -0.4 is 11.1 Å². The summed E-state index contributed by atoms with van der Waals surface area (Å²) < 4.78 is 52.5. The van der Waals surface area contributed by atoms with E-state index < -0.39 is 30.8 Å². The Labute approximate surface area is 118 Å². The van der Waals surface area contributed by atoms with Gasteiger partial charge in [-0.05, 0) is 17.7 Å². The molecule has 5 nitrogen and oxygen atoms in total. The summed E-state index contributed by atoms with van der Waals surface area (Å²) >= 11 is 0. The molecule has 0 spiro atoms. The molecule has 21 heavy (non-hydrogen) atoms. The lowest BCUT2D eigenvalue weighted by molar-refractivity contribution is -0.138. The number of amides is 2. The Morgan fingerprint density at radius 3 is 2.48 bits per heavy atom. The number of nitrogens with two attached hydrogens (primary N) is 1. The minimum Gasteiger partial charge on any atom is -0.372 e. The molecule has 1 rings (SSSR count). The van der Waals surface area contributed by atoms with Gasteiger partial charge in [-0.1, -0.05) is 6.07 Å². The maximum atomic E-state index is 12.8. The van der Waals surface area contributed by atoms with Crippen LogP contribution >= 0.6 is 0 Å². The van der Waals surface area contributed by atoms with E-state index in [4.69, 9.17) is 4.79 Å². The van der Waals surface area contributed by atoms with E-state index in [1.807, 2.05) is 0 Å². The van der Waals surface area contributed by atoms with Crippen molar-refractivity contribution in [1.82, 2.24) is 5.32 Å². The zero-order valence-corrected chi connectivity index (χ0v) is 10.8. The summed E-state index contributed by atoms with van der Waals surface area (Å²) in [5.41, 5.74) is 4.54. The highest BCUT2D eigenvalue weighted by Crippen LogP contribution is 2.08. The maximum Gasteiger partial charge on any atom is 0.345 e. The topological polar surface area (TPSA) is 81.4 Å². The van der Waals surface area contributed by atoms with Crippen molar-refractivity contribution in [2.75, 3.05) is 6.61 Å². The molecule has 0 aliphatic rings. The van der Waals surface area contributed by atoms with E-state index in [1.54, 1.807) is 0 Å². The van der Waals surface area contributed by atoms with Gasteiger partial charge in [0.15, 0.2) is 11.6 Å². The highest BCUT2D eigenvalue weighted by molar-refractivity contribution is 5.75. The number of nitrogens with one attached hydrogen (secondary N) is 1. The highest BCUT2D eigenvalue weighted by Gasteiger charge is 2.07. The number of rotatable bonds is 6. The molecule has 0 unspecified atom stereocenters. The minimum atomic E-state index is -2.91. The fourth-order valence-corrected chi connectivity index (χ4v) is 1.18. The average molecular weight is 310 g/mol. The third-order valence-electron chi connectivity index (χ3n) is 2.05. The molecule has 0 atom stereocenters. The first-order valence-corrected chi connectivity index (χ1v) is 5.66. The van der Waals surface area contributed by atoms with Crippen molar-refractivity contribution >= 4 is 12.3 Å². The molecule has 0 saturated heterocycles. The predicted molar refractivity (Wildman–Crippen MR) is 65.0 cm³/mol. The predicted octanol–water partition coefficient (Wildman–Crippen LogP) is 1.31. The summed E-state index contributed by atoms with van der Waals surface area (Å²) in [6.45, 7) is -3.32. The van der Waals surface area contributed by atoms with Gasteiger partial charge in [-0.15, -0.1) is 0 Å². The molecule has 118 valence electrons. The van der Waals surface area contributed by atoms with Crippen molar-refractivity contribution in [2.45, 2.75) is 19.6 Å². The molecule has 2 amide bonds. The van der Waals surface area contributed by atoms with Crippen LogP contribution in [-0.4, -0.2) is 25.5 Å². The molecule has 1 aromatic carbocycles. The van der Waals surface area contributed by atoms with Crippen LogP contribution in [0.3, 0.4) is 0 Å². The molecule has 0 aliphatic carbocycles. The second-order valence-electron chi connectivity index (χ2n) is 3.54. The van der Waals surface area contributed by atoms with E-state index in [1.165, 1.54) is 6.07 Å². The fraction of sp³-hybridized carbons (Fsp3) is 0.333. The van der Waals surface area contributed by atoms with Crippen molar-refractivity contribution in [1.29, 1.82) is 0 Å². The first kappa shape index (κ1) is 18.8. The van der Waals surface area contributed by atoms with Crippen LogP contribution in [0.25, 0.3) is 0 Å². The number of alkyl halides is 2. The van der Waals surface area contributed by atoms with Gasteiger partial charge in [-0.3, -0.25) is 9.59 Å². The summed E-state index contributed by atoms with van der Waals surface area (Å²) in [5.74, 6) is -2.50. The van der Waals surface area contributed by atoms with E-state index in [9.17, 15) is 22.4 Å². The van der Waals surface area contributed by atoms with Crippen LogP contribution in [-0.2, 0) is 20.9 Å². The summed E-state index contributed by atoms with van der Waals surface area (Å²) in [6.07, 6.45) is 0.0218. The lowest BCUT2D eigenvalue weighted by Gasteiger charge is -2.06. The van der Waals surface area contributed by atoms with E-state index in [2.05, 4.69) is 15.8 Å². The van der Waals surface area contributed by atoms with Crippen molar-refractivity contribution in [3.8, 4) is 0 Å². The second kappa shape index (κ2) is 10.6. The molecule has 0 bridgehead atoms. The number of benzene rings is 1. The molecule has 0 fully saturated rings. The van der Waals surface area contributed by atoms with E-state index in [0.29, 0.717) is 5.56 Å². The van der Waals surface area contributed by atoms with Gasteiger partial charge in [0.25, 0.3) is 0 Å². The number of carbonyl (C=O) groups is 2. The standard InChI is InChI=1S/C11H11F4NO2.CH3NO/c12-8-2-1-7(5-9(8)13)6-16-10(17)3-4-18-11(14)15;2-1-3/h1-2,5,11H,3-4,6H2,(H,16,17);1H,(H2,2,3). The molecule has 9 heteroatoms. The van der Waals surface area contributed by atoms with Crippen LogP contribution in [0.4, 0.5) is 17.6 Å². The van der Waals surface area contributed by atoms with Crippen molar-refractivity contribution in [3.05, 3.63) is 35.4 Å². The molecule has 0 aromatic heterocycles. The lowest BCUT2D eigenvalue weighted by Crippen LogP contribution is -2.24. The van der Waals surface area contributed by atoms with Gasteiger partial charge in [0.05, 0.1) is 13.0 Å². The van der Waals surface area contributed by atoms with Gasteiger partial charge in [0.1, 0.15) is 0 Å².